The molecule has 1 amide bonds. The Balaban J connectivity index is 1.76. The SMILES string of the molecule is CCOC(=O)/C(=C/c1ccccc1)N1Cc2cc3ccccc3cc2C1=O. The Kier molecular flexibility index (Phi) is 4.47. The second-order valence-electron chi connectivity index (χ2n) is 6.41. The molecule has 1 aliphatic rings. The number of esters is 1. The third kappa shape index (κ3) is 3.22. The van der Waals surface area contributed by atoms with E-state index in [0.29, 0.717) is 12.1 Å². The molecule has 4 rings (SSSR count). The van der Waals surface area contributed by atoms with Crippen LogP contribution >= 0.6 is 0 Å². The quantitative estimate of drug-likeness (QED) is 0.514. The molecule has 3 aromatic rings. The molecule has 0 atom stereocenters. The monoisotopic (exact) mass is 357 g/mol. The summed E-state index contributed by atoms with van der Waals surface area (Å²) in [6.07, 6.45) is 1.71. The molecule has 0 radical (unpaired) electrons. The minimum Gasteiger partial charge on any atom is -0.461 e. The Labute approximate surface area is 157 Å². The first-order valence-corrected chi connectivity index (χ1v) is 8.95. The second kappa shape index (κ2) is 7.08. The van der Waals surface area contributed by atoms with Crippen molar-refractivity contribution in [2.24, 2.45) is 0 Å². The molecular formula is C23H19NO3. The molecule has 4 heteroatoms. The summed E-state index contributed by atoms with van der Waals surface area (Å²) in [6, 6.07) is 21.3. The van der Waals surface area contributed by atoms with Crippen molar-refractivity contribution in [3.8, 4) is 0 Å². The molecule has 0 aromatic heterocycles. The van der Waals surface area contributed by atoms with Crippen LogP contribution in [0.3, 0.4) is 0 Å². The van der Waals surface area contributed by atoms with Crippen LogP contribution in [0, 0.1) is 0 Å². The van der Waals surface area contributed by atoms with Gasteiger partial charge in [-0.25, -0.2) is 4.79 Å². The van der Waals surface area contributed by atoms with Crippen molar-refractivity contribution < 1.29 is 14.3 Å². The third-order valence-corrected chi connectivity index (χ3v) is 4.65. The van der Waals surface area contributed by atoms with Crippen LogP contribution in [0.25, 0.3) is 16.8 Å². The molecule has 0 saturated carbocycles. The summed E-state index contributed by atoms with van der Waals surface area (Å²) < 4.78 is 5.21. The van der Waals surface area contributed by atoms with E-state index in [1.54, 1.807) is 13.0 Å². The van der Waals surface area contributed by atoms with E-state index in [1.807, 2.05) is 66.7 Å². The number of hydrogen-bond donors (Lipinski definition) is 0. The summed E-state index contributed by atoms with van der Waals surface area (Å²) in [7, 11) is 0. The fourth-order valence-corrected chi connectivity index (χ4v) is 3.36. The van der Waals surface area contributed by atoms with Crippen LogP contribution in [-0.4, -0.2) is 23.4 Å². The second-order valence-corrected chi connectivity index (χ2v) is 6.41. The largest absolute Gasteiger partial charge is 0.461 e. The topological polar surface area (TPSA) is 46.6 Å². The van der Waals surface area contributed by atoms with Crippen LogP contribution < -0.4 is 0 Å². The highest BCUT2D eigenvalue weighted by Crippen LogP contribution is 2.31. The number of hydrogen-bond acceptors (Lipinski definition) is 3. The summed E-state index contributed by atoms with van der Waals surface area (Å²) in [4.78, 5) is 27.1. The van der Waals surface area contributed by atoms with Crippen molar-refractivity contribution >= 4 is 28.7 Å². The van der Waals surface area contributed by atoms with Gasteiger partial charge in [-0.2, -0.15) is 0 Å². The number of carbonyl (C=O) groups excluding carboxylic acids is 2. The number of ether oxygens (including phenoxy) is 1. The normalized spacial score (nSPS) is 13.7. The van der Waals surface area contributed by atoms with Crippen molar-refractivity contribution in [1.82, 2.24) is 4.90 Å². The molecule has 0 spiro atoms. The van der Waals surface area contributed by atoms with E-state index in [1.165, 1.54) is 4.90 Å². The van der Waals surface area contributed by atoms with Gasteiger partial charge < -0.3 is 4.74 Å². The highest BCUT2D eigenvalue weighted by Gasteiger charge is 2.33. The molecule has 0 N–H and O–H groups in total. The molecule has 3 aromatic carbocycles. The van der Waals surface area contributed by atoms with E-state index in [9.17, 15) is 9.59 Å². The van der Waals surface area contributed by atoms with Crippen molar-refractivity contribution in [3.63, 3.8) is 0 Å². The van der Waals surface area contributed by atoms with E-state index in [0.717, 1.165) is 21.9 Å². The van der Waals surface area contributed by atoms with Crippen LogP contribution in [0.2, 0.25) is 0 Å². The predicted octanol–water partition coefficient (Wildman–Crippen LogP) is 4.40. The first kappa shape index (κ1) is 17.0. The molecule has 0 fully saturated rings. The lowest BCUT2D eigenvalue weighted by Crippen LogP contribution is -2.29. The number of nitrogens with zero attached hydrogens (tertiary/aromatic N) is 1. The fourth-order valence-electron chi connectivity index (χ4n) is 3.36. The molecule has 0 saturated heterocycles. The van der Waals surface area contributed by atoms with Gasteiger partial charge in [0.05, 0.1) is 13.2 Å². The van der Waals surface area contributed by atoms with Crippen LogP contribution in [0.4, 0.5) is 0 Å². The summed E-state index contributed by atoms with van der Waals surface area (Å²) in [5.74, 6) is -0.668. The van der Waals surface area contributed by atoms with Crippen molar-refractivity contribution in [2.45, 2.75) is 13.5 Å². The van der Waals surface area contributed by atoms with E-state index >= 15 is 0 Å². The van der Waals surface area contributed by atoms with Crippen molar-refractivity contribution in [2.75, 3.05) is 6.61 Å². The van der Waals surface area contributed by atoms with E-state index in [-0.39, 0.29) is 18.2 Å². The molecule has 1 aliphatic heterocycles. The minimum atomic E-state index is -0.493. The average Bonchev–Trinajstić information content (AvgIpc) is 3.01. The Hall–Kier alpha value is -3.40. The molecule has 0 bridgehead atoms. The first-order valence-electron chi connectivity index (χ1n) is 8.95. The molecule has 0 aliphatic carbocycles. The van der Waals surface area contributed by atoms with Gasteiger partial charge in [0.1, 0.15) is 5.70 Å². The van der Waals surface area contributed by atoms with Crippen molar-refractivity contribution in [3.05, 3.63) is 89.1 Å². The highest BCUT2D eigenvalue weighted by atomic mass is 16.5. The summed E-state index contributed by atoms with van der Waals surface area (Å²) in [5, 5.41) is 2.09. The van der Waals surface area contributed by atoms with Gasteiger partial charge in [-0.3, -0.25) is 9.69 Å². The van der Waals surface area contributed by atoms with Gasteiger partial charge in [0.25, 0.3) is 5.91 Å². The maximum Gasteiger partial charge on any atom is 0.355 e. The Morgan fingerprint density at radius 3 is 2.41 bits per heavy atom. The first-order chi connectivity index (χ1) is 13.2. The number of benzene rings is 3. The van der Waals surface area contributed by atoms with Gasteiger partial charge in [0, 0.05) is 5.56 Å². The van der Waals surface area contributed by atoms with Crippen molar-refractivity contribution in [1.29, 1.82) is 0 Å². The molecule has 4 nitrogen and oxygen atoms in total. The number of amides is 1. The van der Waals surface area contributed by atoms with Gasteiger partial charge >= 0.3 is 5.97 Å². The van der Waals surface area contributed by atoms with Crippen LogP contribution in [-0.2, 0) is 16.1 Å². The van der Waals surface area contributed by atoms with Crippen LogP contribution in [0.1, 0.15) is 28.4 Å². The third-order valence-electron chi connectivity index (χ3n) is 4.65. The lowest BCUT2D eigenvalue weighted by atomic mass is 10.0. The van der Waals surface area contributed by atoms with Gasteiger partial charge in [0.2, 0.25) is 0 Å². The van der Waals surface area contributed by atoms with Gasteiger partial charge in [-0.15, -0.1) is 0 Å². The van der Waals surface area contributed by atoms with Gasteiger partial charge in [-0.1, -0.05) is 54.6 Å². The number of fused-ring (bicyclic) bond motifs is 2. The Morgan fingerprint density at radius 1 is 1.04 bits per heavy atom. The Bertz CT molecular complexity index is 1050. The smallest absolute Gasteiger partial charge is 0.355 e. The predicted molar refractivity (Wildman–Crippen MR) is 105 cm³/mol. The average molecular weight is 357 g/mol. The van der Waals surface area contributed by atoms with Gasteiger partial charge in [0.15, 0.2) is 0 Å². The molecular weight excluding hydrogens is 338 g/mol. The highest BCUT2D eigenvalue weighted by molar-refractivity contribution is 6.08. The van der Waals surface area contributed by atoms with Gasteiger partial charge in [-0.05, 0) is 47.0 Å². The zero-order valence-electron chi connectivity index (χ0n) is 15.0. The maximum atomic E-state index is 13.1. The zero-order valence-corrected chi connectivity index (χ0v) is 15.0. The fraction of sp³-hybridized carbons (Fsp3) is 0.130. The lowest BCUT2D eigenvalue weighted by Gasteiger charge is -2.18. The van der Waals surface area contributed by atoms with E-state index in [2.05, 4.69) is 0 Å². The number of rotatable bonds is 4. The molecule has 134 valence electrons. The van der Waals surface area contributed by atoms with Crippen LogP contribution in [0.5, 0.6) is 0 Å². The Morgan fingerprint density at radius 2 is 1.70 bits per heavy atom. The summed E-state index contributed by atoms with van der Waals surface area (Å²) >= 11 is 0. The molecule has 0 unspecified atom stereocenters. The molecule has 1 heterocycles. The van der Waals surface area contributed by atoms with Crippen LogP contribution in [0.15, 0.2) is 72.4 Å². The standard InChI is InChI=1S/C23H19NO3/c1-2-27-23(26)21(12-16-8-4-3-5-9-16)24-15-19-13-17-10-6-7-11-18(17)14-20(19)22(24)25/h3-14H,2,15H2,1H3/b21-12-. The maximum absolute atomic E-state index is 13.1. The van der Waals surface area contributed by atoms with E-state index < -0.39 is 5.97 Å². The zero-order chi connectivity index (χ0) is 18.8. The molecule has 27 heavy (non-hydrogen) atoms. The minimum absolute atomic E-state index is 0.175. The number of carbonyl (C=O) groups is 2. The summed E-state index contributed by atoms with van der Waals surface area (Å²) in [6.45, 7) is 2.37. The van der Waals surface area contributed by atoms with E-state index in [4.69, 9.17) is 4.74 Å². The lowest BCUT2D eigenvalue weighted by molar-refractivity contribution is -0.139. The summed E-state index contributed by atoms with van der Waals surface area (Å²) in [5.41, 5.74) is 2.65.